The van der Waals surface area contributed by atoms with Gasteiger partial charge in [0.2, 0.25) is 23.6 Å². The number of amides is 4. The number of carboxylic acid groups (broad SMARTS) is 1. The van der Waals surface area contributed by atoms with Crippen LogP contribution in [-0.4, -0.2) is 92.6 Å². The Kier molecular flexibility index (Phi) is 12.5. The summed E-state index contributed by atoms with van der Waals surface area (Å²) in [6.45, 7) is 1.34. The van der Waals surface area contributed by atoms with Crippen LogP contribution in [0.1, 0.15) is 31.9 Å². The molecule has 0 aromatic carbocycles. The molecule has 0 saturated carbocycles. The van der Waals surface area contributed by atoms with E-state index in [1.54, 1.807) is 0 Å². The molecule has 14 N–H and O–H groups in total. The summed E-state index contributed by atoms with van der Waals surface area (Å²) in [6.07, 6.45) is 0.908. The highest BCUT2D eigenvalue weighted by molar-refractivity contribution is 5.95. The van der Waals surface area contributed by atoms with Crippen molar-refractivity contribution in [2.75, 3.05) is 6.54 Å². The van der Waals surface area contributed by atoms with Gasteiger partial charge in [-0.2, -0.15) is 0 Å². The van der Waals surface area contributed by atoms with Crippen LogP contribution in [0.4, 0.5) is 0 Å². The number of nitrogens with two attached hydrogens (primary N) is 4. The summed E-state index contributed by atoms with van der Waals surface area (Å²) in [5, 5.41) is 26.5. The van der Waals surface area contributed by atoms with Gasteiger partial charge in [0.05, 0.1) is 24.9 Å². The first-order valence-corrected chi connectivity index (χ1v) is 11.2. The zero-order valence-corrected chi connectivity index (χ0v) is 20.2. The third-order valence-corrected chi connectivity index (χ3v) is 4.99. The van der Waals surface area contributed by atoms with E-state index in [-0.39, 0.29) is 31.8 Å². The van der Waals surface area contributed by atoms with E-state index in [0.29, 0.717) is 5.69 Å². The van der Waals surface area contributed by atoms with E-state index in [1.165, 1.54) is 19.4 Å². The molecule has 4 amide bonds. The maximum absolute atomic E-state index is 13.0. The predicted molar refractivity (Wildman–Crippen MR) is 129 cm³/mol. The first-order chi connectivity index (χ1) is 17.3. The molecule has 0 radical (unpaired) electrons. The topological polar surface area (TPSA) is 307 Å². The number of hydrogen-bond donors (Lipinski definition) is 10. The van der Waals surface area contributed by atoms with E-state index in [9.17, 15) is 34.2 Å². The molecule has 5 atom stereocenters. The number of H-pyrrole nitrogens is 1. The molecule has 0 aliphatic carbocycles. The second-order valence-electron chi connectivity index (χ2n) is 8.19. The quantitative estimate of drug-likeness (QED) is 0.0553. The number of aliphatic hydroxyl groups is 1. The van der Waals surface area contributed by atoms with Gasteiger partial charge in [0.1, 0.15) is 18.1 Å². The Morgan fingerprint density at radius 3 is 2.22 bits per heavy atom. The van der Waals surface area contributed by atoms with Crippen LogP contribution < -0.4 is 38.9 Å². The van der Waals surface area contributed by atoms with Crippen LogP contribution in [0.5, 0.6) is 0 Å². The molecule has 17 heteroatoms. The van der Waals surface area contributed by atoms with Gasteiger partial charge in [0.25, 0.3) is 0 Å². The molecule has 0 bridgehead atoms. The summed E-state index contributed by atoms with van der Waals surface area (Å²) in [4.78, 5) is 71.2. The number of aromatic amines is 1. The summed E-state index contributed by atoms with van der Waals surface area (Å²) in [7, 11) is 0. The molecule has 206 valence electrons. The number of hydrogen-bond acceptors (Lipinski definition) is 9. The maximum atomic E-state index is 13.0. The summed E-state index contributed by atoms with van der Waals surface area (Å²) >= 11 is 0. The summed E-state index contributed by atoms with van der Waals surface area (Å²) in [6, 6.07) is -5.57. The number of carbonyl (C=O) groups is 5. The Hall–Kier alpha value is -4.25. The molecule has 5 unspecified atom stereocenters. The first-order valence-electron chi connectivity index (χ1n) is 11.2. The number of carboxylic acids is 1. The fourth-order valence-corrected chi connectivity index (χ4v) is 3.10. The van der Waals surface area contributed by atoms with Gasteiger partial charge in [-0.05, 0) is 19.8 Å². The Balaban J connectivity index is 2.97. The average molecular weight is 527 g/mol. The third kappa shape index (κ3) is 11.4. The van der Waals surface area contributed by atoms with Gasteiger partial charge >= 0.3 is 5.97 Å². The molecule has 37 heavy (non-hydrogen) atoms. The monoisotopic (exact) mass is 526 g/mol. The Morgan fingerprint density at radius 2 is 1.70 bits per heavy atom. The molecule has 1 heterocycles. The molecular formula is C20H34N10O7. The number of carbonyl (C=O) groups excluding carboxylic acids is 4. The van der Waals surface area contributed by atoms with Crippen molar-refractivity contribution in [3.8, 4) is 0 Å². The highest BCUT2D eigenvalue weighted by atomic mass is 16.4. The smallest absolute Gasteiger partial charge is 0.326 e. The number of aromatic nitrogens is 2. The molecule has 0 fully saturated rings. The summed E-state index contributed by atoms with van der Waals surface area (Å²) < 4.78 is 0. The number of rotatable bonds is 16. The number of primary amides is 1. The average Bonchev–Trinajstić information content (AvgIpc) is 3.30. The van der Waals surface area contributed by atoms with E-state index >= 15 is 0 Å². The Bertz CT molecular complexity index is 963. The lowest BCUT2D eigenvalue weighted by atomic mass is 10.1. The van der Waals surface area contributed by atoms with Crippen molar-refractivity contribution in [2.24, 2.45) is 27.9 Å². The van der Waals surface area contributed by atoms with E-state index in [0.717, 1.165) is 0 Å². The molecule has 0 saturated heterocycles. The lowest BCUT2D eigenvalue weighted by Gasteiger charge is -2.26. The SMILES string of the molecule is CC(O)C(NC(=O)C(Cc1cnc[nH]1)NC(=O)C(N)CC(N)=O)C(=O)NC(CCCN=C(N)N)C(=O)O. The van der Waals surface area contributed by atoms with Gasteiger partial charge in [0.15, 0.2) is 5.96 Å². The number of aliphatic carboxylic acids is 1. The molecule has 1 aromatic rings. The van der Waals surface area contributed by atoms with E-state index in [4.69, 9.17) is 22.9 Å². The van der Waals surface area contributed by atoms with Gasteiger partial charge in [-0.25, -0.2) is 9.78 Å². The van der Waals surface area contributed by atoms with Gasteiger partial charge in [-0.3, -0.25) is 24.2 Å². The molecule has 0 aliphatic heterocycles. The zero-order valence-electron chi connectivity index (χ0n) is 20.2. The van der Waals surface area contributed by atoms with Crippen molar-refractivity contribution in [3.05, 3.63) is 18.2 Å². The van der Waals surface area contributed by atoms with Gasteiger partial charge < -0.3 is 54.1 Å². The minimum atomic E-state index is -1.58. The Labute approximate surface area is 211 Å². The molecule has 1 aromatic heterocycles. The fourth-order valence-electron chi connectivity index (χ4n) is 3.10. The normalized spacial score (nSPS) is 14.8. The third-order valence-electron chi connectivity index (χ3n) is 4.99. The molecule has 0 aliphatic rings. The largest absolute Gasteiger partial charge is 0.480 e. The zero-order chi connectivity index (χ0) is 28.1. The first kappa shape index (κ1) is 30.8. The highest BCUT2D eigenvalue weighted by Crippen LogP contribution is 2.05. The number of aliphatic hydroxyl groups excluding tert-OH is 1. The number of imidazole rings is 1. The lowest BCUT2D eigenvalue weighted by molar-refractivity contribution is -0.143. The van der Waals surface area contributed by atoms with Gasteiger partial charge in [0, 0.05) is 24.9 Å². The van der Waals surface area contributed by atoms with Crippen LogP contribution in [0, 0.1) is 0 Å². The number of nitrogens with zero attached hydrogens (tertiary/aromatic N) is 2. The predicted octanol–water partition coefficient (Wildman–Crippen LogP) is -4.87. The van der Waals surface area contributed by atoms with Crippen molar-refractivity contribution < 1.29 is 34.2 Å². The van der Waals surface area contributed by atoms with Crippen molar-refractivity contribution in [3.63, 3.8) is 0 Å². The number of aliphatic imine (C=N–C) groups is 1. The van der Waals surface area contributed by atoms with Crippen LogP contribution in [-0.2, 0) is 30.4 Å². The molecular weight excluding hydrogens is 492 g/mol. The second kappa shape index (κ2) is 15.0. The maximum Gasteiger partial charge on any atom is 0.326 e. The van der Waals surface area contributed by atoms with E-state index < -0.39 is 66.3 Å². The van der Waals surface area contributed by atoms with E-state index in [2.05, 4.69) is 30.9 Å². The standard InChI is InChI=1S/C20H34N10O7/c1-9(31)15(18(35)28-12(19(36)37)3-2-4-26-20(23)24)30-17(34)13(5-10-7-25-8-27-10)29-16(33)11(21)6-14(22)32/h7-9,11-13,15,31H,2-6,21H2,1H3,(H2,22,32)(H,25,27)(H,28,35)(H,29,33)(H,30,34)(H,36,37)(H4,23,24,26). The second-order valence-corrected chi connectivity index (χ2v) is 8.19. The number of guanidine groups is 1. The van der Waals surface area contributed by atoms with Crippen LogP contribution >= 0.6 is 0 Å². The van der Waals surface area contributed by atoms with E-state index in [1.807, 2.05) is 0 Å². The highest BCUT2D eigenvalue weighted by Gasteiger charge is 2.33. The van der Waals surface area contributed by atoms with Crippen LogP contribution in [0.15, 0.2) is 17.5 Å². The molecule has 1 rings (SSSR count). The fraction of sp³-hybridized carbons (Fsp3) is 0.550. The molecule has 0 spiro atoms. The molecule has 17 nitrogen and oxygen atoms in total. The van der Waals surface area contributed by atoms with Gasteiger partial charge in [-0.1, -0.05) is 0 Å². The van der Waals surface area contributed by atoms with Crippen LogP contribution in [0.2, 0.25) is 0 Å². The number of nitrogens with one attached hydrogen (secondary N) is 4. The van der Waals surface area contributed by atoms with Gasteiger partial charge in [-0.15, -0.1) is 0 Å². The van der Waals surface area contributed by atoms with Crippen LogP contribution in [0.3, 0.4) is 0 Å². The van der Waals surface area contributed by atoms with Crippen molar-refractivity contribution in [1.29, 1.82) is 0 Å². The minimum Gasteiger partial charge on any atom is -0.480 e. The van der Waals surface area contributed by atoms with Crippen molar-refractivity contribution in [1.82, 2.24) is 25.9 Å². The Morgan fingerprint density at radius 1 is 1.05 bits per heavy atom. The summed E-state index contributed by atoms with van der Waals surface area (Å²) in [5.74, 6) is -5.07. The summed E-state index contributed by atoms with van der Waals surface area (Å²) in [5.41, 5.74) is 21.6. The minimum absolute atomic E-state index is 0.0331. The van der Waals surface area contributed by atoms with Crippen molar-refractivity contribution >= 4 is 35.6 Å². The van der Waals surface area contributed by atoms with Crippen LogP contribution in [0.25, 0.3) is 0 Å². The lowest BCUT2D eigenvalue weighted by Crippen LogP contribution is -2.60. The van der Waals surface area contributed by atoms with Crippen molar-refractivity contribution in [2.45, 2.75) is 62.9 Å².